The molecule has 1 rings (SSSR count). The third-order valence-electron chi connectivity index (χ3n) is 3.58. The zero-order valence-corrected chi connectivity index (χ0v) is 12.8. The van der Waals surface area contributed by atoms with Crippen molar-refractivity contribution < 1.29 is 9.53 Å². The molecule has 4 heteroatoms. The van der Waals surface area contributed by atoms with Crippen LogP contribution in [-0.2, 0) is 9.53 Å². The van der Waals surface area contributed by atoms with Gasteiger partial charge in [0.15, 0.2) is 0 Å². The summed E-state index contributed by atoms with van der Waals surface area (Å²) >= 11 is 1.88. The zero-order valence-electron chi connectivity index (χ0n) is 12.0. The molecule has 0 saturated heterocycles. The number of hydrogen-bond acceptors (Lipinski definition) is 4. The zero-order chi connectivity index (χ0) is 13.4. The van der Waals surface area contributed by atoms with Crippen LogP contribution in [0.3, 0.4) is 0 Å². The van der Waals surface area contributed by atoms with Gasteiger partial charge in [0.05, 0.1) is 6.61 Å². The molecule has 0 amide bonds. The van der Waals surface area contributed by atoms with Crippen LogP contribution in [0.1, 0.15) is 46.0 Å². The maximum absolute atomic E-state index is 12.2. The molecule has 0 aromatic heterocycles. The van der Waals surface area contributed by atoms with Crippen LogP contribution in [0.15, 0.2) is 0 Å². The molecule has 1 unspecified atom stereocenters. The Morgan fingerprint density at radius 3 is 2.61 bits per heavy atom. The third-order valence-corrected chi connectivity index (χ3v) is 4.82. The molecule has 0 radical (unpaired) electrons. The smallest absolute Gasteiger partial charge is 0.327 e. The second-order valence-corrected chi connectivity index (χ2v) is 6.08. The van der Waals surface area contributed by atoms with Gasteiger partial charge in [0.25, 0.3) is 0 Å². The Balaban J connectivity index is 2.46. The van der Waals surface area contributed by atoms with Gasteiger partial charge in [0.2, 0.25) is 0 Å². The Hall–Kier alpha value is -0.220. The number of esters is 1. The van der Waals surface area contributed by atoms with Crippen molar-refractivity contribution in [2.24, 2.45) is 5.92 Å². The molecule has 1 N–H and O–H groups in total. The highest BCUT2D eigenvalue weighted by Gasteiger charge is 2.50. The Labute approximate surface area is 115 Å². The van der Waals surface area contributed by atoms with Gasteiger partial charge < -0.3 is 10.1 Å². The molecule has 106 valence electrons. The lowest BCUT2D eigenvalue weighted by atomic mass is 9.96. The molecule has 0 spiro atoms. The number of nitrogens with one attached hydrogen (secondary N) is 1. The van der Waals surface area contributed by atoms with Crippen molar-refractivity contribution in [3.8, 4) is 0 Å². The van der Waals surface area contributed by atoms with Crippen molar-refractivity contribution in [2.45, 2.75) is 51.5 Å². The first-order chi connectivity index (χ1) is 8.71. The van der Waals surface area contributed by atoms with E-state index in [1.54, 1.807) is 0 Å². The molecule has 1 fully saturated rings. The number of ether oxygens (including phenoxy) is 1. The van der Waals surface area contributed by atoms with Crippen molar-refractivity contribution in [2.75, 3.05) is 25.2 Å². The van der Waals surface area contributed by atoms with E-state index in [1.165, 1.54) is 19.3 Å². The Morgan fingerprint density at radius 2 is 2.11 bits per heavy atom. The van der Waals surface area contributed by atoms with E-state index in [-0.39, 0.29) is 5.97 Å². The van der Waals surface area contributed by atoms with Gasteiger partial charge in [0.1, 0.15) is 5.54 Å². The van der Waals surface area contributed by atoms with Crippen LogP contribution in [0.25, 0.3) is 0 Å². The average Bonchev–Trinajstić information content (AvgIpc) is 3.19. The minimum absolute atomic E-state index is 0.0574. The lowest BCUT2D eigenvalue weighted by Gasteiger charge is -2.31. The summed E-state index contributed by atoms with van der Waals surface area (Å²) in [4.78, 5) is 12.2. The second-order valence-electron chi connectivity index (χ2n) is 4.98. The van der Waals surface area contributed by atoms with Crippen LogP contribution in [0.5, 0.6) is 0 Å². The van der Waals surface area contributed by atoms with E-state index in [9.17, 15) is 4.79 Å². The molecule has 1 aliphatic rings. The summed E-state index contributed by atoms with van der Waals surface area (Å²) < 4.78 is 5.26. The molecule has 0 bridgehead atoms. The number of thioether (sulfide) groups is 1. The Kier molecular flexibility index (Phi) is 7.08. The van der Waals surface area contributed by atoms with Crippen molar-refractivity contribution in [1.82, 2.24) is 5.32 Å². The lowest BCUT2D eigenvalue weighted by Crippen LogP contribution is -2.55. The van der Waals surface area contributed by atoms with Gasteiger partial charge in [-0.3, -0.25) is 4.79 Å². The summed E-state index contributed by atoms with van der Waals surface area (Å²) in [5, 5.41) is 3.26. The van der Waals surface area contributed by atoms with E-state index < -0.39 is 5.54 Å². The maximum Gasteiger partial charge on any atom is 0.327 e. The van der Waals surface area contributed by atoms with Gasteiger partial charge in [-0.05, 0) is 44.9 Å². The number of carbonyl (C=O) groups is 1. The summed E-state index contributed by atoms with van der Waals surface area (Å²) in [6.07, 6.45) is 6.07. The predicted octanol–water partition coefficient (Wildman–Crippen LogP) is 2.84. The number of carbonyl (C=O) groups excluding carboxylic acids is 1. The van der Waals surface area contributed by atoms with Crippen LogP contribution in [0.4, 0.5) is 0 Å². The van der Waals surface area contributed by atoms with Gasteiger partial charge in [-0.2, -0.15) is 11.8 Å². The minimum Gasteiger partial charge on any atom is -0.465 e. The summed E-state index contributed by atoms with van der Waals surface area (Å²) in [7, 11) is 1.89. The first-order valence-corrected chi connectivity index (χ1v) is 8.30. The largest absolute Gasteiger partial charge is 0.465 e. The standard InChI is InChI=1S/C14H27NO2S/c1-4-6-7-10-18-11-14(15-3,12-8-9-12)13(16)17-5-2/h12,15H,4-11H2,1-3H3. The van der Waals surface area contributed by atoms with Gasteiger partial charge in [-0.1, -0.05) is 19.8 Å². The van der Waals surface area contributed by atoms with Gasteiger partial charge in [-0.15, -0.1) is 0 Å². The summed E-state index contributed by atoms with van der Waals surface area (Å²) in [6, 6.07) is 0. The van der Waals surface area contributed by atoms with Crippen LogP contribution in [0, 0.1) is 5.92 Å². The maximum atomic E-state index is 12.2. The molecule has 3 nitrogen and oxygen atoms in total. The van der Waals surface area contributed by atoms with Crippen molar-refractivity contribution in [3.05, 3.63) is 0 Å². The Bertz CT molecular complexity index is 256. The molecule has 0 heterocycles. The minimum atomic E-state index is -0.438. The normalized spacial score (nSPS) is 18.4. The highest BCUT2D eigenvalue weighted by Crippen LogP contribution is 2.42. The SMILES string of the molecule is CCCCCSCC(NC)(C(=O)OCC)C1CC1. The van der Waals surface area contributed by atoms with E-state index in [2.05, 4.69) is 12.2 Å². The fourth-order valence-electron chi connectivity index (χ4n) is 2.25. The molecular weight excluding hydrogens is 246 g/mol. The lowest BCUT2D eigenvalue weighted by molar-refractivity contribution is -0.150. The third kappa shape index (κ3) is 4.16. The van der Waals surface area contributed by atoms with Crippen LogP contribution in [0.2, 0.25) is 0 Å². The quantitative estimate of drug-likeness (QED) is 0.491. The fourth-order valence-corrected chi connectivity index (χ4v) is 3.62. The van der Waals surface area contributed by atoms with E-state index in [0.717, 1.165) is 24.3 Å². The van der Waals surface area contributed by atoms with E-state index in [1.807, 2.05) is 25.7 Å². The van der Waals surface area contributed by atoms with Crippen LogP contribution < -0.4 is 5.32 Å². The molecule has 1 atom stereocenters. The fraction of sp³-hybridized carbons (Fsp3) is 0.929. The predicted molar refractivity (Wildman–Crippen MR) is 78.0 cm³/mol. The van der Waals surface area contributed by atoms with Crippen molar-refractivity contribution in [1.29, 1.82) is 0 Å². The summed E-state index contributed by atoms with van der Waals surface area (Å²) in [6.45, 7) is 4.56. The number of hydrogen-bond donors (Lipinski definition) is 1. The highest BCUT2D eigenvalue weighted by atomic mass is 32.2. The van der Waals surface area contributed by atoms with E-state index in [0.29, 0.717) is 12.5 Å². The molecular formula is C14H27NO2S. The number of rotatable bonds is 10. The molecule has 0 aromatic rings. The molecule has 0 aliphatic heterocycles. The average molecular weight is 273 g/mol. The van der Waals surface area contributed by atoms with E-state index >= 15 is 0 Å². The second kappa shape index (κ2) is 8.05. The monoisotopic (exact) mass is 273 g/mol. The van der Waals surface area contributed by atoms with Crippen molar-refractivity contribution >= 4 is 17.7 Å². The molecule has 1 saturated carbocycles. The van der Waals surface area contributed by atoms with Gasteiger partial charge in [0, 0.05) is 5.75 Å². The first-order valence-electron chi connectivity index (χ1n) is 7.15. The van der Waals surface area contributed by atoms with Crippen LogP contribution >= 0.6 is 11.8 Å². The van der Waals surface area contributed by atoms with Gasteiger partial charge in [-0.25, -0.2) is 0 Å². The number of unbranched alkanes of at least 4 members (excludes halogenated alkanes) is 2. The summed E-state index contributed by atoms with van der Waals surface area (Å²) in [5.41, 5.74) is -0.438. The molecule has 1 aliphatic carbocycles. The highest BCUT2D eigenvalue weighted by molar-refractivity contribution is 7.99. The molecule has 18 heavy (non-hydrogen) atoms. The Morgan fingerprint density at radius 1 is 1.39 bits per heavy atom. The topological polar surface area (TPSA) is 38.3 Å². The van der Waals surface area contributed by atoms with Crippen LogP contribution in [-0.4, -0.2) is 36.7 Å². The van der Waals surface area contributed by atoms with Gasteiger partial charge >= 0.3 is 5.97 Å². The van der Waals surface area contributed by atoms with E-state index in [4.69, 9.17) is 4.74 Å². The summed E-state index contributed by atoms with van der Waals surface area (Å²) in [5.74, 6) is 2.40. The van der Waals surface area contributed by atoms with Crippen molar-refractivity contribution in [3.63, 3.8) is 0 Å². The molecule has 0 aromatic carbocycles. The number of likely N-dealkylation sites (N-methyl/N-ethyl adjacent to an activating group) is 1. The first kappa shape index (κ1) is 15.8.